The Labute approximate surface area is 142 Å². The molecule has 0 saturated heterocycles. The Kier molecular flexibility index (Phi) is 4.84. The van der Waals surface area contributed by atoms with Gasteiger partial charge in [-0.25, -0.2) is 4.57 Å². The van der Waals surface area contributed by atoms with Crippen molar-refractivity contribution >= 4 is 12.9 Å². The highest BCUT2D eigenvalue weighted by Crippen LogP contribution is 2.41. The third-order valence-corrected chi connectivity index (χ3v) is 5.27. The molecule has 3 aromatic rings. The highest BCUT2D eigenvalue weighted by Gasteiger charge is 2.24. The molecule has 1 unspecified atom stereocenters. The van der Waals surface area contributed by atoms with Gasteiger partial charge in [0.05, 0.1) is 5.30 Å². The Morgan fingerprint density at radius 1 is 0.833 bits per heavy atom. The van der Waals surface area contributed by atoms with E-state index in [0.717, 1.165) is 17.5 Å². The average molecular weight is 338 g/mol. The first kappa shape index (κ1) is 16.5. The summed E-state index contributed by atoms with van der Waals surface area (Å²) in [7, 11) is -3.89. The lowest BCUT2D eigenvalue weighted by molar-refractivity contribution is 0.393. The number of benzene rings is 3. The molecule has 1 atom stereocenters. The number of rotatable bonds is 5. The fraction of sp³-hybridized carbons (Fsp3) is 0.100. The molecule has 0 fully saturated rings. The third-order valence-electron chi connectivity index (χ3n) is 3.86. The molecule has 0 radical (unpaired) electrons. The minimum atomic E-state index is -3.89. The van der Waals surface area contributed by atoms with Gasteiger partial charge in [0, 0.05) is 0 Å². The lowest BCUT2D eigenvalue weighted by Crippen LogP contribution is -2.08. The lowest BCUT2D eigenvalue weighted by Gasteiger charge is -2.14. The number of hydrogen-bond donors (Lipinski definition) is 1. The molecule has 0 aliphatic carbocycles. The second kappa shape index (κ2) is 7.04. The topological polar surface area (TPSA) is 46.5 Å². The van der Waals surface area contributed by atoms with E-state index in [0.29, 0.717) is 5.75 Å². The van der Waals surface area contributed by atoms with Gasteiger partial charge in [-0.2, -0.15) is 0 Å². The van der Waals surface area contributed by atoms with Crippen LogP contribution in [0.2, 0.25) is 0 Å². The number of hydrogen-bond acceptors (Lipinski definition) is 2. The fourth-order valence-corrected chi connectivity index (χ4v) is 3.49. The highest BCUT2D eigenvalue weighted by atomic mass is 31.2. The first-order chi connectivity index (χ1) is 11.6. The van der Waals surface area contributed by atoms with Gasteiger partial charge in [0.15, 0.2) is 0 Å². The number of aryl methyl sites for hydroxylation is 1. The second-order valence-electron chi connectivity index (χ2n) is 5.52. The molecule has 0 saturated carbocycles. The molecular weight excluding hydrogens is 319 g/mol. The van der Waals surface area contributed by atoms with Crippen LogP contribution < -0.4 is 9.83 Å². The van der Waals surface area contributed by atoms with Crippen molar-refractivity contribution in [2.75, 3.05) is 0 Å². The summed E-state index contributed by atoms with van der Waals surface area (Å²) in [5.74, 6) is 0.377. The Hall–Kier alpha value is -2.35. The summed E-state index contributed by atoms with van der Waals surface area (Å²) in [4.78, 5) is 10.2. The molecule has 3 rings (SSSR count). The lowest BCUT2D eigenvalue weighted by atomic mass is 10.0. The van der Waals surface area contributed by atoms with Crippen LogP contribution in [0, 0.1) is 0 Å². The van der Waals surface area contributed by atoms with E-state index < -0.39 is 7.60 Å². The summed E-state index contributed by atoms with van der Waals surface area (Å²) in [6.07, 6.45) is 1.00. The van der Waals surface area contributed by atoms with Crippen LogP contribution in [0.5, 0.6) is 5.75 Å². The minimum absolute atomic E-state index is 0.278. The van der Waals surface area contributed by atoms with E-state index in [4.69, 9.17) is 4.52 Å². The summed E-state index contributed by atoms with van der Waals surface area (Å²) in [6, 6.07) is 24.0. The van der Waals surface area contributed by atoms with Gasteiger partial charge in [-0.1, -0.05) is 61.5 Å². The van der Waals surface area contributed by atoms with Gasteiger partial charge in [-0.15, -0.1) is 0 Å². The van der Waals surface area contributed by atoms with Gasteiger partial charge in [-0.3, -0.25) is 0 Å². The van der Waals surface area contributed by atoms with E-state index in [2.05, 4.69) is 31.2 Å². The Morgan fingerprint density at radius 3 is 1.92 bits per heavy atom. The van der Waals surface area contributed by atoms with Crippen molar-refractivity contribution in [1.29, 1.82) is 0 Å². The Morgan fingerprint density at radius 2 is 1.38 bits per heavy atom. The predicted molar refractivity (Wildman–Crippen MR) is 97.8 cm³/mol. The summed E-state index contributed by atoms with van der Waals surface area (Å²) in [5, 5.41) is 0.278. The van der Waals surface area contributed by atoms with Crippen molar-refractivity contribution in [3.05, 3.63) is 84.4 Å². The second-order valence-corrected chi connectivity index (χ2v) is 7.26. The molecule has 3 aromatic carbocycles. The number of para-hydroxylation sites is 1. The zero-order valence-corrected chi connectivity index (χ0v) is 14.3. The van der Waals surface area contributed by atoms with Crippen LogP contribution in [-0.2, 0) is 11.0 Å². The van der Waals surface area contributed by atoms with Crippen LogP contribution in [0.4, 0.5) is 0 Å². The van der Waals surface area contributed by atoms with Crippen molar-refractivity contribution in [1.82, 2.24) is 0 Å². The predicted octanol–water partition coefficient (Wildman–Crippen LogP) is 4.81. The van der Waals surface area contributed by atoms with Crippen LogP contribution in [0.3, 0.4) is 0 Å². The molecule has 24 heavy (non-hydrogen) atoms. The van der Waals surface area contributed by atoms with Crippen LogP contribution in [-0.4, -0.2) is 4.89 Å². The third kappa shape index (κ3) is 3.76. The van der Waals surface area contributed by atoms with Gasteiger partial charge in [0.25, 0.3) is 0 Å². The average Bonchev–Trinajstić information content (AvgIpc) is 2.62. The van der Waals surface area contributed by atoms with Gasteiger partial charge in [-0.05, 0) is 47.4 Å². The highest BCUT2D eigenvalue weighted by molar-refractivity contribution is 7.61. The monoisotopic (exact) mass is 338 g/mol. The molecule has 122 valence electrons. The Balaban J connectivity index is 1.81. The standard InChI is InChI=1S/C20H19O3P/c1-2-16-8-10-17(11-9-16)18-12-14-20(15-13-18)24(21,22)23-19-6-4-3-5-7-19/h3-15H,2H2,1H3,(H,21,22). The molecule has 0 aromatic heterocycles. The van der Waals surface area contributed by atoms with Crippen LogP contribution >= 0.6 is 7.60 Å². The maximum absolute atomic E-state index is 12.4. The van der Waals surface area contributed by atoms with Gasteiger partial charge < -0.3 is 9.42 Å². The minimum Gasteiger partial charge on any atom is -0.421 e. The molecule has 0 aliphatic heterocycles. The summed E-state index contributed by atoms with van der Waals surface area (Å²) in [6.45, 7) is 2.12. The molecule has 1 N–H and O–H groups in total. The quantitative estimate of drug-likeness (QED) is 0.679. The van der Waals surface area contributed by atoms with Crippen molar-refractivity contribution in [3.8, 4) is 16.9 Å². The first-order valence-electron chi connectivity index (χ1n) is 7.86. The molecule has 0 aliphatic rings. The van der Waals surface area contributed by atoms with E-state index in [1.54, 1.807) is 36.4 Å². The molecule has 0 amide bonds. The van der Waals surface area contributed by atoms with Crippen LogP contribution in [0.15, 0.2) is 78.9 Å². The molecule has 0 bridgehead atoms. The van der Waals surface area contributed by atoms with E-state index in [1.165, 1.54) is 5.56 Å². The normalized spacial score (nSPS) is 13.2. The maximum Gasteiger partial charge on any atom is 0.408 e. The van der Waals surface area contributed by atoms with Gasteiger partial charge in [0.2, 0.25) is 0 Å². The van der Waals surface area contributed by atoms with Gasteiger partial charge >= 0.3 is 7.60 Å². The molecule has 3 nitrogen and oxygen atoms in total. The summed E-state index contributed by atoms with van der Waals surface area (Å²) >= 11 is 0. The largest absolute Gasteiger partial charge is 0.421 e. The zero-order valence-electron chi connectivity index (χ0n) is 13.4. The van der Waals surface area contributed by atoms with E-state index >= 15 is 0 Å². The van der Waals surface area contributed by atoms with E-state index in [9.17, 15) is 9.46 Å². The SMILES string of the molecule is CCc1ccc(-c2ccc(P(=O)(O)Oc3ccccc3)cc2)cc1. The molecular formula is C20H19O3P. The molecule has 4 heteroatoms. The zero-order chi connectivity index (χ0) is 17.0. The van der Waals surface area contributed by atoms with E-state index in [1.807, 2.05) is 18.2 Å². The van der Waals surface area contributed by atoms with Crippen LogP contribution in [0.1, 0.15) is 12.5 Å². The van der Waals surface area contributed by atoms with Crippen molar-refractivity contribution in [3.63, 3.8) is 0 Å². The Bertz CT molecular complexity index is 840. The van der Waals surface area contributed by atoms with Crippen LogP contribution in [0.25, 0.3) is 11.1 Å². The molecule has 0 spiro atoms. The van der Waals surface area contributed by atoms with Crippen molar-refractivity contribution < 1.29 is 14.0 Å². The smallest absolute Gasteiger partial charge is 0.408 e. The van der Waals surface area contributed by atoms with Crippen molar-refractivity contribution in [2.45, 2.75) is 13.3 Å². The van der Waals surface area contributed by atoms with Gasteiger partial charge in [0.1, 0.15) is 5.75 Å². The molecule has 0 heterocycles. The van der Waals surface area contributed by atoms with Crippen molar-refractivity contribution in [2.24, 2.45) is 0 Å². The summed E-state index contributed by atoms with van der Waals surface area (Å²) < 4.78 is 17.7. The first-order valence-corrected chi connectivity index (χ1v) is 9.43. The maximum atomic E-state index is 12.4. The fourth-order valence-electron chi connectivity index (χ4n) is 2.45. The van der Waals surface area contributed by atoms with E-state index in [-0.39, 0.29) is 5.30 Å². The summed E-state index contributed by atoms with van der Waals surface area (Å²) in [5.41, 5.74) is 3.36.